The Bertz CT molecular complexity index is 1100. The van der Waals surface area contributed by atoms with Gasteiger partial charge in [-0.2, -0.15) is 0 Å². The third-order valence-electron chi connectivity index (χ3n) is 17.4. The quantitative estimate of drug-likeness (QED) is 0.0571. The summed E-state index contributed by atoms with van der Waals surface area (Å²) in [6, 6.07) is 5.00. The van der Waals surface area contributed by atoms with Gasteiger partial charge in [0.15, 0.2) is 0 Å². The largest absolute Gasteiger partial charge is 0.0654 e. The van der Waals surface area contributed by atoms with Crippen molar-refractivity contribution in [2.24, 2.45) is 0 Å². The zero-order valence-electron chi connectivity index (χ0n) is 51.4. The van der Waals surface area contributed by atoms with Gasteiger partial charge in [0, 0.05) is 0 Å². The zero-order valence-corrected chi connectivity index (χ0v) is 51.4. The van der Waals surface area contributed by atoms with Gasteiger partial charge in [0.25, 0.3) is 0 Å². The number of aryl methyl sites for hydroxylation is 2. The van der Waals surface area contributed by atoms with Crippen molar-refractivity contribution in [1.82, 2.24) is 0 Å². The van der Waals surface area contributed by atoms with Crippen molar-refractivity contribution in [3.63, 3.8) is 0 Å². The van der Waals surface area contributed by atoms with E-state index in [4.69, 9.17) is 0 Å². The van der Waals surface area contributed by atoms with Crippen LogP contribution >= 0.6 is 0 Å². The van der Waals surface area contributed by atoms with Gasteiger partial charge >= 0.3 is 0 Å². The Morgan fingerprint density at radius 3 is 0.493 bits per heavy atom. The lowest BCUT2D eigenvalue weighted by molar-refractivity contribution is 0.520. The lowest BCUT2D eigenvalue weighted by Gasteiger charge is -2.17. The third kappa shape index (κ3) is 51.7. The highest BCUT2D eigenvalue weighted by molar-refractivity contribution is 5.41. The molecule has 0 saturated carbocycles. The summed E-state index contributed by atoms with van der Waals surface area (Å²) >= 11 is 0. The summed E-state index contributed by atoms with van der Waals surface area (Å²) in [6.07, 6.45) is 91.3. The summed E-state index contributed by atoms with van der Waals surface area (Å²) in [5.41, 5.74) is 6.38. The molecule has 1 rings (SSSR count). The lowest BCUT2D eigenvalue weighted by atomic mass is 9.88. The molecule has 0 fully saturated rings. The van der Waals surface area contributed by atoms with Gasteiger partial charge in [-0.05, 0) is 67.7 Å². The summed E-state index contributed by atoms with van der Waals surface area (Å²) < 4.78 is 0. The molecule has 0 heterocycles. The van der Waals surface area contributed by atoms with E-state index in [0.29, 0.717) is 0 Å². The van der Waals surface area contributed by atoms with Crippen LogP contribution in [0.1, 0.15) is 428 Å². The first kappa shape index (κ1) is 70.2. The molecule has 0 aliphatic heterocycles. The summed E-state index contributed by atoms with van der Waals surface area (Å²) in [5, 5.41) is 0. The van der Waals surface area contributed by atoms with Crippen molar-refractivity contribution >= 4 is 0 Å². The van der Waals surface area contributed by atoms with E-state index in [0.717, 1.165) is 0 Å². The highest BCUT2D eigenvalue weighted by Crippen LogP contribution is 2.26. The van der Waals surface area contributed by atoms with Crippen LogP contribution in [0.4, 0.5) is 0 Å². The SMILES string of the molecule is [CH2]c1cc(CCCCCCCCCCCCCCCCCCCCCC)c(CCCCCCCCCCCCCCCCCCCCCC)c(CCCCCCCCCCCCCCCCCCCCCC)c1. The Balaban J connectivity index is 2.31. The summed E-state index contributed by atoms with van der Waals surface area (Å²) in [6.45, 7) is 11.5. The predicted octanol–water partition coefficient (Wildman–Crippen LogP) is 27.0. The highest BCUT2D eigenvalue weighted by atomic mass is 14.2. The Morgan fingerprint density at radius 1 is 0.192 bits per heavy atom. The second-order valence-corrected chi connectivity index (χ2v) is 24.8. The maximum atomic E-state index is 4.54. The first-order chi connectivity index (χ1) is 36.2. The molecule has 0 aliphatic carbocycles. The normalized spacial score (nSPS) is 11.7. The van der Waals surface area contributed by atoms with Crippen molar-refractivity contribution in [3.8, 4) is 0 Å². The molecule has 1 aromatic rings. The van der Waals surface area contributed by atoms with Crippen molar-refractivity contribution in [2.45, 2.75) is 425 Å². The standard InChI is InChI=1S/C73H139/c1-5-8-11-14-17-20-23-26-29-32-35-38-41-44-47-50-53-56-59-62-65-71-68-70(4)69-72(66-63-60-57-54-51-48-45-42-39-36-33-30-27-24-21-18-15-12-9-6-2)73(71)67-64-61-58-55-52-49-46-43-40-37-34-31-28-25-22-19-16-13-10-7-3/h68-69H,4-67H2,1-3H3. The molecule has 0 N–H and O–H groups in total. The van der Waals surface area contributed by atoms with Crippen molar-refractivity contribution < 1.29 is 0 Å². The molecule has 0 atom stereocenters. The fraction of sp³-hybridized carbons (Fsp3) is 0.904. The van der Waals surface area contributed by atoms with Crippen LogP contribution in [-0.2, 0) is 19.3 Å². The van der Waals surface area contributed by atoms with Crippen LogP contribution in [0.5, 0.6) is 0 Å². The third-order valence-corrected chi connectivity index (χ3v) is 17.4. The van der Waals surface area contributed by atoms with Gasteiger partial charge in [-0.3, -0.25) is 0 Å². The first-order valence-electron chi connectivity index (χ1n) is 35.2. The van der Waals surface area contributed by atoms with Crippen LogP contribution in [0.15, 0.2) is 12.1 Å². The van der Waals surface area contributed by atoms with Crippen LogP contribution in [0.2, 0.25) is 0 Å². The lowest BCUT2D eigenvalue weighted by Crippen LogP contribution is -2.03. The van der Waals surface area contributed by atoms with E-state index in [1.54, 1.807) is 16.7 Å². The van der Waals surface area contributed by atoms with Crippen LogP contribution in [0.3, 0.4) is 0 Å². The van der Waals surface area contributed by atoms with Crippen molar-refractivity contribution in [1.29, 1.82) is 0 Å². The average Bonchev–Trinajstić information content (AvgIpc) is 3.39. The maximum Gasteiger partial charge on any atom is -0.0238 e. The van der Waals surface area contributed by atoms with Crippen molar-refractivity contribution in [3.05, 3.63) is 41.3 Å². The molecule has 0 nitrogen and oxygen atoms in total. The molecule has 0 amide bonds. The van der Waals surface area contributed by atoms with E-state index in [1.807, 2.05) is 0 Å². The van der Waals surface area contributed by atoms with Gasteiger partial charge in [-0.1, -0.05) is 399 Å². The second kappa shape index (κ2) is 60.4. The zero-order chi connectivity index (χ0) is 52.3. The fourth-order valence-corrected chi connectivity index (χ4v) is 12.3. The molecule has 0 unspecified atom stereocenters. The molecule has 1 radical (unpaired) electrons. The number of unbranched alkanes of at least 4 members (excludes halogenated alkanes) is 57. The highest BCUT2D eigenvalue weighted by Gasteiger charge is 2.11. The van der Waals surface area contributed by atoms with Gasteiger partial charge in [0.2, 0.25) is 0 Å². The minimum atomic E-state index is 1.28. The van der Waals surface area contributed by atoms with Crippen molar-refractivity contribution in [2.75, 3.05) is 0 Å². The van der Waals surface area contributed by atoms with Crippen LogP contribution < -0.4 is 0 Å². The first-order valence-corrected chi connectivity index (χ1v) is 35.2. The summed E-state index contributed by atoms with van der Waals surface area (Å²) in [7, 11) is 0. The van der Waals surface area contributed by atoms with Gasteiger partial charge in [0.1, 0.15) is 0 Å². The molecular formula is C73H139. The monoisotopic (exact) mass is 1020 g/mol. The molecule has 0 bridgehead atoms. The average molecular weight is 1020 g/mol. The molecule has 73 heavy (non-hydrogen) atoms. The van der Waals surface area contributed by atoms with Gasteiger partial charge in [0.05, 0.1) is 0 Å². The summed E-state index contributed by atoms with van der Waals surface area (Å²) in [4.78, 5) is 0. The predicted molar refractivity (Wildman–Crippen MR) is 336 cm³/mol. The molecule has 1 aromatic carbocycles. The van der Waals surface area contributed by atoms with E-state index >= 15 is 0 Å². The molecule has 0 aliphatic rings. The Kier molecular flexibility index (Phi) is 58.2. The van der Waals surface area contributed by atoms with E-state index in [2.05, 4.69) is 39.8 Å². The second-order valence-electron chi connectivity index (χ2n) is 24.8. The molecule has 0 heteroatoms. The molecule has 0 saturated heterocycles. The van der Waals surface area contributed by atoms with Gasteiger partial charge in [-0.15, -0.1) is 0 Å². The number of hydrogen-bond donors (Lipinski definition) is 0. The minimum absolute atomic E-state index is 1.28. The van der Waals surface area contributed by atoms with E-state index in [1.165, 1.54) is 410 Å². The Labute approximate surface area is 464 Å². The van der Waals surface area contributed by atoms with Gasteiger partial charge < -0.3 is 0 Å². The molecule has 0 aromatic heterocycles. The molecular weight excluding hydrogens is 877 g/mol. The van der Waals surface area contributed by atoms with Crippen LogP contribution in [-0.4, -0.2) is 0 Å². The smallest absolute Gasteiger partial charge is 0.0238 e. The number of hydrogen-bond acceptors (Lipinski definition) is 0. The maximum absolute atomic E-state index is 4.54. The fourth-order valence-electron chi connectivity index (χ4n) is 12.3. The van der Waals surface area contributed by atoms with E-state index in [9.17, 15) is 0 Å². The Morgan fingerprint density at radius 2 is 0.329 bits per heavy atom. The molecule has 431 valence electrons. The van der Waals surface area contributed by atoms with Crippen LogP contribution in [0, 0.1) is 6.92 Å². The minimum Gasteiger partial charge on any atom is -0.0654 e. The van der Waals surface area contributed by atoms with Crippen LogP contribution in [0.25, 0.3) is 0 Å². The van der Waals surface area contributed by atoms with Gasteiger partial charge in [-0.25, -0.2) is 0 Å². The number of benzene rings is 1. The number of rotatable bonds is 63. The molecule has 0 spiro atoms. The Hall–Kier alpha value is -0.780. The topological polar surface area (TPSA) is 0 Å². The summed E-state index contributed by atoms with van der Waals surface area (Å²) in [5.74, 6) is 0. The van der Waals surface area contributed by atoms with E-state index in [-0.39, 0.29) is 0 Å². The van der Waals surface area contributed by atoms with E-state index < -0.39 is 0 Å².